The molecule has 11 nitrogen and oxygen atoms in total. The van der Waals surface area contributed by atoms with Crippen LogP contribution in [0.2, 0.25) is 0 Å². The molecule has 8 atom stereocenters. The second kappa shape index (κ2) is 15.8. The van der Waals surface area contributed by atoms with Gasteiger partial charge in [0.2, 0.25) is 0 Å². The summed E-state index contributed by atoms with van der Waals surface area (Å²) < 4.78 is 28.5. The van der Waals surface area contributed by atoms with E-state index in [1.54, 1.807) is 40.2 Å². The smallest absolute Gasteiger partial charge is 0.405 e. The maximum Gasteiger partial charge on any atom is 0.405 e. The molecule has 1 aliphatic heterocycles. The van der Waals surface area contributed by atoms with Crippen LogP contribution in [-0.4, -0.2) is 88.0 Å². The van der Waals surface area contributed by atoms with E-state index in [1.165, 1.54) is 32.4 Å². The van der Waals surface area contributed by atoms with Crippen molar-refractivity contribution >= 4 is 17.8 Å². The number of methoxy groups -OCH3 is 4. The molecule has 41 heavy (non-hydrogen) atoms. The lowest BCUT2D eigenvalue weighted by Crippen LogP contribution is -2.42. The summed E-state index contributed by atoms with van der Waals surface area (Å²) in [5.41, 5.74) is 6.74. The molecule has 2 amide bonds. The van der Waals surface area contributed by atoms with E-state index in [0.29, 0.717) is 23.1 Å². The number of allylic oxidation sites excluding steroid dienone is 4. The van der Waals surface area contributed by atoms with Gasteiger partial charge in [0.05, 0.1) is 24.0 Å². The van der Waals surface area contributed by atoms with E-state index in [-0.39, 0.29) is 23.3 Å². The number of aliphatic hydroxyl groups excluding tert-OH is 1. The lowest BCUT2D eigenvalue weighted by molar-refractivity contribution is -0.117. The molecule has 0 radical (unpaired) electrons. The van der Waals surface area contributed by atoms with Crippen molar-refractivity contribution in [1.82, 2.24) is 5.32 Å². The fourth-order valence-electron chi connectivity index (χ4n) is 5.36. The molecule has 0 saturated heterocycles. The molecular formula is C30H44N2O9. The third-order valence-electron chi connectivity index (χ3n) is 7.43. The average Bonchev–Trinajstić information content (AvgIpc) is 2.91. The molecule has 1 aliphatic carbocycles. The zero-order valence-electron chi connectivity index (χ0n) is 25.1. The third kappa shape index (κ3) is 8.95. The van der Waals surface area contributed by atoms with E-state index >= 15 is 0 Å². The molecule has 1 unspecified atom stereocenters. The van der Waals surface area contributed by atoms with E-state index in [1.807, 2.05) is 19.9 Å². The summed E-state index contributed by atoms with van der Waals surface area (Å²) in [7, 11) is 6.13. The van der Waals surface area contributed by atoms with Crippen molar-refractivity contribution in [2.45, 2.75) is 70.7 Å². The minimum absolute atomic E-state index is 0.0533. The van der Waals surface area contributed by atoms with Gasteiger partial charge in [0.25, 0.3) is 5.91 Å². The Bertz CT molecular complexity index is 1110. The van der Waals surface area contributed by atoms with Crippen molar-refractivity contribution in [2.24, 2.45) is 17.6 Å². The molecule has 228 valence electrons. The SMILES string of the molecule is CO[C@H]1[C@@H](OC)C[C@H](C)[C@@H](OC)C2=CC(=O)C=C(NC(=O)/C(C)=C/C=C\[C@H](OC)[C@@H](OC(N)=O)/C(C)=C/[C@@H]1C)C2O. The van der Waals surface area contributed by atoms with E-state index in [9.17, 15) is 19.5 Å². The first kappa shape index (κ1) is 34.1. The number of hydrogen-bond acceptors (Lipinski definition) is 9. The molecule has 2 aliphatic rings. The summed E-state index contributed by atoms with van der Waals surface area (Å²) in [5.74, 6) is -1.33. The average molecular weight is 577 g/mol. The molecule has 0 aromatic heterocycles. The molecule has 0 aromatic rings. The predicted molar refractivity (Wildman–Crippen MR) is 153 cm³/mol. The number of nitrogens with two attached hydrogens (primary N) is 1. The van der Waals surface area contributed by atoms with Crippen LogP contribution in [0.3, 0.4) is 0 Å². The number of primary amides is 1. The maximum absolute atomic E-state index is 12.9. The first-order valence-corrected chi connectivity index (χ1v) is 13.4. The molecular weight excluding hydrogens is 532 g/mol. The number of nitrogens with one attached hydrogen (secondary N) is 1. The topological polar surface area (TPSA) is 156 Å². The minimum atomic E-state index is -1.26. The summed E-state index contributed by atoms with van der Waals surface area (Å²) in [5, 5.41) is 13.8. The van der Waals surface area contributed by atoms with Gasteiger partial charge in [-0.3, -0.25) is 9.59 Å². The number of rotatable bonds is 5. The van der Waals surface area contributed by atoms with Crippen LogP contribution in [0.15, 0.2) is 58.9 Å². The van der Waals surface area contributed by atoms with Gasteiger partial charge in [-0.1, -0.05) is 38.2 Å². The van der Waals surface area contributed by atoms with Crippen LogP contribution in [0.4, 0.5) is 4.79 Å². The lowest BCUT2D eigenvalue weighted by Gasteiger charge is -2.35. The number of amides is 2. The Morgan fingerprint density at radius 3 is 2.24 bits per heavy atom. The lowest BCUT2D eigenvalue weighted by atomic mass is 9.83. The van der Waals surface area contributed by atoms with Crippen molar-refractivity contribution < 1.29 is 43.2 Å². The Hall–Kier alpha value is -3.09. The second-order valence-corrected chi connectivity index (χ2v) is 10.4. The Morgan fingerprint density at radius 2 is 1.68 bits per heavy atom. The summed E-state index contributed by atoms with van der Waals surface area (Å²) >= 11 is 0. The predicted octanol–water partition coefficient (Wildman–Crippen LogP) is 2.51. The molecule has 0 spiro atoms. The highest BCUT2D eigenvalue weighted by atomic mass is 16.6. The van der Waals surface area contributed by atoms with Gasteiger partial charge in [0, 0.05) is 46.0 Å². The Kier molecular flexibility index (Phi) is 13.1. The van der Waals surface area contributed by atoms with Crippen LogP contribution in [-0.2, 0) is 33.3 Å². The quantitative estimate of drug-likeness (QED) is 0.419. The maximum atomic E-state index is 12.9. The van der Waals surface area contributed by atoms with Gasteiger partial charge in [0.15, 0.2) is 11.9 Å². The Balaban J connectivity index is 2.65. The van der Waals surface area contributed by atoms with Crippen LogP contribution >= 0.6 is 0 Å². The van der Waals surface area contributed by atoms with Crippen molar-refractivity contribution in [3.05, 3.63) is 58.9 Å². The highest BCUT2D eigenvalue weighted by Crippen LogP contribution is 2.31. The zero-order chi connectivity index (χ0) is 30.9. The Morgan fingerprint density at radius 1 is 1.00 bits per heavy atom. The molecule has 2 rings (SSSR count). The highest BCUT2D eigenvalue weighted by molar-refractivity contribution is 6.03. The van der Waals surface area contributed by atoms with Crippen molar-refractivity contribution in [1.29, 1.82) is 0 Å². The van der Waals surface area contributed by atoms with Gasteiger partial charge in [-0.15, -0.1) is 0 Å². The first-order chi connectivity index (χ1) is 19.4. The van der Waals surface area contributed by atoms with Crippen molar-refractivity contribution in [3.8, 4) is 0 Å². The Labute approximate surface area is 242 Å². The molecule has 11 heteroatoms. The molecule has 0 saturated carbocycles. The molecule has 0 fully saturated rings. The van der Waals surface area contributed by atoms with Gasteiger partial charge in [-0.25, -0.2) is 4.79 Å². The molecule has 4 N–H and O–H groups in total. The minimum Gasteiger partial charge on any atom is -0.439 e. The molecule has 0 aromatic carbocycles. The fraction of sp³-hybridized carbons (Fsp3) is 0.567. The monoisotopic (exact) mass is 576 g/mol. The largest absolute Gasteiger partial charge is 0.439 e. The normalized spacial score (nSPS) is 35.6. The molecule has 2 bridgehead atoms. The van der Waals surface area contributed by atoms with E-state index < -0.39 is 48.6 Å². The highest BCUT2D eigenvalue weighted by Gasteiger charge is 2.36. The van der Waals surface area contributed by atoms with Gasteiger partial charge >= 0.3 is 6.09 Å². The summed E-state index contributed by atoms with van der Waals surface area (Å²) in [4.78, 5) is 37.3. The number of aliphatic hydroxyl groups is 1. The van der Waals surface area contributed by atoms with Crippen LogP contribution in [0.25, 0.3) is 0 Å². The standard InChI is InChI=1S/C30H44N2O9/c1-16-10-9-11-23(37-5)28(41-30(31)36)18(3)12-17(2)27(40-8)24(38-6)13-19(4)26(39-7)21-14-20(33)15-22(25(21)34)32-29(16)35/h9-12,14-15,17,19,23-28,34H,13H2,1-8H3,(H2,31,36)(H,32,35)/b11-9-,16-10+,18-12+/t17-,19-,23-,24-,25?,26+,27+,28-/m0/s1. The number of ketones is 1. The third-order valence-corrected chi connectivity index (χ3v) is 7.43. The number of carbonyl (C=O) groups excluding carboxylic acids is 3. The summed E-state index contributed by atoms with van der Waals surface area (Å²) in [6, 6.07) is 0. The van der Waals surface area contributed by atoms with Crippen LogP contribution < -0.4 is 11.1 Å². The fourth-order valence-corrected chi connectivity index (χ4v) is 5.36. The van der Waals surface area contributed by atoms with Gasteiger partial charge in [-0.05, 0) is 43.4 Å². The van der Waals surface area contributed by atoms with Gasteiger partial charge < -0.3 is 39.8 Å². The first-order valence-electron chi connectivity index (χ1n) is 13.4. The van der Waals surface area contributed by atoms with Gasteiger partial charge in [-0.2, -0.15) is 0 Å². The second-order valence-electron chi connectivity index (χ2n) is 10.4. The van der Waals surface area contributed by atoms with E-state index in [4.69, 9.17) is 29.4 Å². The number of hydrogen-bond donors (Lipinski definition) is 3. The number of carbonyl (C=O) groups is 3. The van der Waals surface area contributed by atoms with Crippen molar-refractivity contribution in [3.63, 3.8) is 0 Å². The van der Waals surface area contributed by atoms with Crippen LogP contribution in [0.5, 0.6) is 0 Å². The van der Waals surface area contributed by atoms with E-state index in [0.717, 1.165) is 0 Å². The van der Waals surface area contributed by atoms with Gasteiger partial charge in [0.1, 0.15) is 12.2 Å². The summed E-state index contributed by atoms with van der Waals surface area (Å²) in [6.45, 7) is 7.26. The number of ether oxygens (including phenoxy) is 5. The van der Waals surface area contributed by atoms with Crippen molar-refractivity contribution in [2.75, 3.05) is 28.4 Å². The van der Waals surface area contributed by atoms with E-state index in [2.05, 4.69) is 5.32 Å². The summed E-state index contributed by atoms with van der Waals surface area (Å²) in [6.07, 6.45) is 4.36. The number of fused-ring (bicyclic) bond motifs is 2. The van der Waals surface area contributed by atoms with Crippen LogP contribution in [0, 0.1) is 11.8 Å². The van der Waals surface area contributed by atoms with Crippen LogP contribution in [0.1, 0.15) is 34.1 Å². The molecule has 1 heterocycles. The zero-order valence-corrected chi connectivity index (χ0v) is 25.1.